The summed E-state index contributed by atoms with van der Waals surface area (Å²) in [6.07, 6.45) is 1.33. The van der Waals surface area contributed by atoms with Crippen LogP contribution in [0.3, 0.4) is 0 Å². The predicted octanol–water partition coefficient (Wildman–Crippen LogP) is 6.62. The molecule has 0 atom stereocenters. The third-order valence-corrected chi connectivity index (χ3v) is 7.38. The van der Waals surface area contributed by atoms with E-state index in [2.05, 4.69) is 14.6 Å². The van der Waals surface area contributed by atoms with E-state index in [1.807, 2.05) is 6.08 Å². The van der Waals surface area contributed by atoms with Crippen LogP contribution in [0.15, 0.2) is 60.8 Å². The first-order valence-electron chi connectivity index (χ1n) is 12.2. The molecule has 204 valence electrons. The average molecular weight is 564 g/mol. The maximum Gasteiger partial charge on any atom is 0.573 e. The minimum absolute atomic E-state index is 0.161. The van der Waals surface area contributed by atoms with Crippen LogP contribution >= 0.6 is 11.6 Å². The van der Waals surface area contributed by atoms with Crippen molar-refractivity contribution in [2.24, 2.45) is 0 Å². The van der Waals surface area contributed by atoms with Crippen molar-refractivity contribution in [1.29, 1.82) is 0 Å². The second-order valence-corrected chi connectivity index (χ2v) is 10.0. The quantitative estimate of drug-likeness (QED) is 0.259. The van der Waals surface area contributed by atoms with E-state index in [4.69, 9.17) is 11.6 Å². The Hall–Kier alpha value is -3.50. The van der Waals surface area contributed by atoms with Gasteiger partial charge in [-0.05, 0) is 79.5 Å². The Labute approximate surface area is 226 Å². The molecule has 11 heteroatoms. The van der Waals surface area contributed by atoms with Crippen molar-refractivity contribution >= 4 is 29.3 Å². The number of aromatic nitrogens is 1. The Morgan fingerprint density at radius 3 is 2.51 bits per heavy atom. The molecule has 0 radical (unpaired) electrons. The molecule has 5 nitrogen and oxygen atoms in total. The lowest BCUT2D eigenvalue weighted by molar-refractivity contribution is -0.274. The van der Waals surface area contributed by atoms with E-state index in [0.29, 0.717) is 61.4 Å². The van der Waals surface area contributed by atoms with Crippen LogP contribution in [0, 0.1) is 11.6 Å². The molecule has 0 aliphatic carbocycles. The number of hydrogen-bond acceptors (Lipinski definition) is 4. The molecule has 3 aromatic rings. The number of likely N-dealkylation sites (tertiary alicyclic amines) is 1. The van der Waals surface area contributed by atoms with Crippen LogP contribution in [-0.4, -0.2) is 48.3 Å². The van der Waals surface area contributed by atoms with Gasteiger partial charge in [0.05, 0.1) is 0 Å². The van der Waals surface area contributed by atoms with E-state index in [1.54, 1.807) is 17.0 Å². The average Bonchev–Trinajstić information content (AvgIpc) is 3.19. The van der Waals surface area contributed by atoms with Crippen LogP contribution in [0.1, 0.15) is 34.3 Å². The highest BCUT2D eigenvalue weighted by atomic mass is 35.5. The number of nitrogens with zero attached hydrogens (tertiary/aromatic N) is 3. The van der Waals surface area contributed by atoms with E-state index in [9.17, 15) is 26.7 Å². The number of carbonyl (C=O) groups excluding carboxylic acids is 1. The molecule has 2 aliphatic rings. The number of hydrogen-bond donors (Lipinski definition) is 0. The van der Waals surface area contributed by atoms with Gasteiger partial charge in [-0.3, -0.25) is 9.69 Å². The number of amides is 1. The number of ether oxygens (including phenoxy) is 1. The number of carbonyl (C=O) groups is 1. The number of pyridine rings is 1. The molecule has 5 rings (SSSR count). The standard InChI is InChI=1S/C28H23ClF5N3O2/c29-25-15-19(7-10-35-25)26(38)37-17-27(21-16-20(4-6-24(21)37)39-28(32,33)34)8-12-36(13-9-27)11-1-2-18-3-5-22(30)23(31)14-18/h1-7,10,14-16H,8-9,11-13,17H2/b2-1+. The van der Waals surface area contributed by atoms with E-state index < -0.39 is 23.4 Å². The summed E-state index contributed by atoms with van der Waals surface area (Å²) in [5.41, 5.74) is 1.47. The molecule has 1 amide bonds. The van der Waals surface area contributed by atoms with Crippen LogP contribution < -0.4 is 9.64 Å². The van der Waals surface area contributed by atoms with Gasteiger partial charge in [0.1, 0.15) is 10.9 Å². The summed E-state index contributed by atoms with van der Waals surface area (Å²) in [6.45, 7) is 2.09. The molecule has 2 aromatic carbocycles. The fourth-order valence-corrected chi connectivity index (χ4v) is 5.44. The first-order chi connectivity index (χ1) is 18.5. The molecule has 0 saturated carbocycles. The Morgan fingerprint density at radius 2 is 1.82 bits per heavy atom. The van der Waals surface area contributed by atoms with Crippen LogP contribution in [-0.2, 0) is 5.41 Å². The van der Waals surface area contributed by atoms with Gasteiger partial charge in [-0.15, -0.1) is 13.2 Å². The smallest absolute Gasteiger partial charge is 0.406 e. The van der Waals surface area contributed by atoms with Crippen molar-refractivity contribution in [3.8, 4) is 5.75 Å². The molecule has 0 bridgehead atoms. The number of benzene rings is 2. The van der Waals surface area contributed by atoms with Gasteiger partial charge < -0.3 is 9.64 Å². The summed E-state index contributed by atoms with van der Waals surface area (Å²) in [6, 6.07) is 10.8. The third-order valence-electron chi connectivity index (χ3n) is 7.17. The number of rotatable bonds is 5. The number of anilines is 1. The van der Waals surface area contributed by atoms with Gasteiger partial charge in [0.25, 0.3) is 5.91 Å². The molecule has 1 spiro atoms. The van der Waals surface area contributed by atoms with Gasteiger partial charge in [-0.1, -0.05) is 29.8 Å². The first kappa shape index (κ1) is 27.1. The zero-order valence-electron chi connectivity index (χ0n) is 20.5. The van der Waals surface area contributed by atoms with Crippen molar-refractivity contribution in [3.63, 3.8) is 0 Å². The topological polar surface area (TPSA) is 45.7 Å². The summed E-state index contributed by atoms with van der Waals surface area (Å²) in [7, 11) is 0. The van der Waals surface area contributed by atoms with Gasteiger partial charge in [0, 0.05) is 36.0 Å². The van der Waals surface area contributed by atoms with Crippen molar-refractivity contribution in [2.75, 3.05) is 31.1 Å². The molecular formula is C28H23ClF5N3O2. The van der Waals surface area contributed by atoms with Gasteiger partial charge >= 0.3 is 6.36 Å². The van der Waals surface area contributed by atoms with Crippen LogP contribution in [0.5, 0.6) is 5.75 Å². The summed E-state index contributed by atoms with van der Waals surface area (Å²) in [5, 5.41) is 0.161. The van der Waals surface area contributed by atoms with Gasteiger partial charge in [0.15, 0.2) is 11.6 Å². The van der Waals surface area contributed by atoms with Crippen LogP contribution in [0.2, 0.25) is 5.15 Å². The number of halogens is 6. The predicted molar refractivity (Wildman–Crippen MR) is 137 cm³/mol. The molecule has 3 heterocycles. The van der Waals surface area contributed by atoms with Crippen LogP contribution in [0.4, 0.5) is 27.6 Å². The highest BCUT2D eigenvalue weighted by molar-refractivity contribution is 6.29. The molecule has 1 aromatic heterocycles. The Balaban J connectivity index is 1.36. The summed E-state index contributed by atoms with van der Waals surface area (Å²) in [5.74, 6) is -2.48. The molecule has 0 N–H and O–H groups in total. The SMILES string of the molecule is O=C(c1ccnc(Cl)c1)N1CC2(CCN(C/C=C/c3ccc(F)c(F)c3)CC2)c2cc(OC(F)(F)F)ccc21. The molecule has 1 fully saturated rings. The maximum absolute atomic E-state index is 13.5. The number of alkyl halides is 3. The molecule has 2 aliphatic heterocycles. The van der Waals surface area contributed by atoms with Crippen molar-refractivity contribution in [1.82, 2.24) is 9.88 Å². The number of piperidine rings is 1. The van der Waals surface area contributed by atoms with E-state index in [0.717, 1.165) is 12.1 Å². The monoisotopic (exact) mass is 563 g/mol. The van der Waals surface area contributed by atoms with Crippen molar-refractivity contribution < 1.29 is 31.5 Å². The lowest BCUT2D eigenvalue weighted by atomic mass is 9.74. The molecular weight excluding hydrogens is 541 g/mol. The minimum atomic E-state index is -4.84. The van der Waals surface area contributed by atoms with Crippen molar-refractivity contribution in [2.45, 2.75) is 24.6 Å². The third kappa shape index (κ3) is 5.91. The summed E-state index contributed by atoms with van der Waals surface area (Å²) in [4.78, 5) is 21.1. The van der Waals surface area contributed by atoms with E-state index in [-0.39, 0.29) is 16.8 Å². The zero-order valence-corrected chi connectivity index (χ0v) is 21.3. The van der Waals surface area contributed by atoms with Crippen LogP contribution in [0.25, 0.3) is 6.08 Å². The fourth-order valence-electron chi connectivity index (χ4n) is 5.26. The van der Waals surface area contributed by atoms with Gasteiger partial charge in [-0.25, -0.2) is 13.8 Å². The number of fused-ring (bicyclic) bond motifs is 2. The molecule has 1 saturated heterocycles. The Morgan fingerprint density at radius 1 is 1.05 bits per heavy atom. The zero-order chi connectivity index (χ0) is 27.8. The fraction of sp³-hybridized carbons (Fsp3) is 0.286. The molecule has 0 unspecified atom stereocenters. The minimum Gasteiger partial charge on any atom is -0.406 e. The van der Waals surface area contributed by atoms with Gasteiger partial charge in [-0.2, -0.15) is 0 Å². The first-order valence-corrected chi connectivity index (χ1v) is 12.6. The lowest BCUT2D eigenvalue weighted by Crippen LogP contribution is -2.46. The van der Waals surface area contributed by atoms with E-state index in [1.165, 1.54) is 36.5 Å². The second kappa shape index (κ2) is 10.6. The highest BCUT2D eigenvalue weighted by Gasteiger charge is 2.47. The molecule has 39 heavy (non-hydrogen) atoms. The second-order valence-electron chi connectivity index (χ2n) is 9.64. The normalized spacial score (nSPS) is 17.1. The summed E-state index contributed by atoms with van der Waals surface area (Å²) >= 11 is 5.98. The van der Waals surface area contributed by atoms with Crippen molar-refractivity contribution in [3.05, 3.63) is 94.3 Å². The van der Waals surface area contributed by atoms with Gasteiger partial charge in [0.2, 0.25) is 0 Å². The summed E-state index contributed by atoms with van der Waals surface area (Å²) < 4.78 is 69.7. The maximum atomic E-state index is 13.5. The largest absolute Gasteiger partial charge is 0.573 e. The van der Waals surface area contributed by atoms with E-state index >= 15 is 0 Å². The Kier molecular flexibility index (Phi) is 7.35. The highest BCUT2D eigenvalue weighted by Crippen LogP contribution is 2.49. The Bertz CT molecular complexity index is 1420. The lowest BCUT2D eigenvalue weighted by Gasteiger charge is -2.39.